The normalized spacial score (nSPS) is 19.4. The molecule has 1 heterocycles. The van der Waals surface area contributed by atoms with Crippen LogP contribution in [0.2, 0.25) is 0 Å². The van der Waals surface area contributed by atoms with Gasteiger partial charge in [0.2, 0.25) is 12.3 Å². The van der Waals surface area contributed by atoms with Gasteiger partial charge in [0.05, 0.1) is 24.2 Å². The minimum absolute atomic E-state index is 0.0420. The Morgan fingerprint density at radius 3 is 2.70 bits per heavy atom. The summed E-state index contributed by atoms with van der Waals surface area (Å²) in [6.45, 7) is 3.95. The van der Waals surface area contributed by atoms with Crippen molar-refractivity contribution in [2.24, 2.45) is 5.92 Å². The second-order valence-electron chi connectivity index (χ2n) is 6.17. The lowest BCUT2D eigenvalue weighted by atomic mass is 9.96. The third-order valence-corrected chi connectivity index (χ3v) is 5.40. The third kappa shape index (κ3) is 3.68. The van der Waals surface area contributed by atoms with Crippen molar-refractivity contribution < 1.29 is 28.3 Å². The Kier molecular flexibility index (Phi) is 6.06. The second kappa shape index (κ2) is 8.31. The highest BCUT2D eigenvalue weighted by Crippen LogP contribution is 2.45. The van der Waals surface area contributed by atoms with E-state index in [0.29, 0.717) is 28.2 Å². The van der Waals surface area contributed by atoms with E-state index >= 15 is 0 Å². The molecule has 27 heavy (non-hydrogen) atoms. The summed E-state index contributed by atoms with van der Waals surface area (Å²) in [5.41, 5.74) is 0.618. The first-order valence-corrected chi connectivity index (χ1v) is 9.88. The number of thioether (sulfide) groups is 1. The van der Waals surface area contributed by atoms with Crippen molar-refractivity contribution in [2.45, 2.75) is 37.7 Å². The molecule has 1 aromatic rings. The Labute approximate surface area is 161 Å². The molecule has 1 saturated carbocycles. The number of ether oxygens (including phenoxy) is 2. The van der Waals surface area contributed by atoms with Gasteiger partial charge in [-0.15, -0.1) is 11.8 Å². The van der Waals surface area contributed by atoms with Crippen molar-refractivity contribution in [3.63, 3.8) is 0 Å². The van der Waals surface area contributed by atoms with Crippen LogP contribution >= 0.6 is 11.8 Å². The van der Waals surface area contributed by atoms with Crippen LogP contribution < -0.4 is 4.74 Å². The Balaban J connectivity index is 2.11. The van der Waals surface area contributed by atoms with Gasteiger partial charge < -0.3 is 9.47 Å². The molecule has 1 atom stereocenters. The number of amides is 1. The van der Waals surface area contributed by atoms with E-state index in [-0.39, 0.29) is 29.9 Å². The number of nitrogens with zero attached hydrogens (tertiary/aromatic N) is 1. The summed E-state index contributed by atoms with van der Waals surface area (Å²) in [7, 11) is 1.37. The molecule has 1 amide bonds. The van der Waals surface area contributed by atoms with E-state index < -0.39 is 11.9 Å². The van der Waals surface area contributed by atoms with Crippen LogP contribution in [0.1, 0.15) is 37.0 Å². The molecular weight excluding hydrogens is 373 g/mol. The van der Waals surface area contributed by atoms with Gasteiger partial charge in [-0.25, -0.2) is 4.39 Å². The van der Waals surface area contributed by atoms with E-state index in [1.165, 1.54) is 31.0 Å². The van der Waals surface area contributed by atoms with Gasteiger partial charge >= 0.3 is 0 Å². The number of hydrogen-bond donors (Lipinski definition) is 0. The smallest absolute Gasteiger partial charge is 0.240 e. The van der Waals surface area contributed by atoms with E-state index in [1.807, 2.05) is 6.92 Å². The fraction of sp³-hybridized carbons (Fsp3) is 0.474. The van der Waals surface area contributed by atoms with Gasteiger partial charge in [-0.05, 0) is 43.6 Å². The van der Waals surface area contributed by atoms with Crippen molar-refractivity contribution >= 4 is 24.0 Å². The predicted octanol–water partition coefficient (Wildman–Crippen LogP) is 3.56. The average molecular weight is 395 g/mol. The SMILES string of the molecule is CCOC1=C(C(=O)c2ccc(F)c(OC)c2SCC)C(C2CC2)ON1C=O. The highest BCUT2D eigenvalue weighted by Gasteiger charge is 2.47. The fourth-order valence-electron chi connectivity index (χ4n) is 3.10. The molecule has 0 saturated heterocycles. The van der Waals surface area contributed by atoms with E-state index in [4.69, 9.17) is 14.3 Å². The summed E-state index contributed by atoms with van der Waals surface area (Å²) in [5.74, 6) is 0.0916. The number of carbonyl (C=O) groups is 2. The van der Waals surface area contributed by atoms with Crippen LogP contribution in [0.5, 0.6) is 5.75 Å². The fourth-order valence-corrected chi connectivity index (χ4v) is 4.02. The van der Waals surface area contributed by atoms with Gasteiger partial charge in [0.1, 0.15) is 6.10 Å². The number of carbonyl (C=O) groups excluding carboxylic acids is 2. The molecule has 146 valence electrons. The lowest BCUT2D eigenvalue weighted by Crippen LogP contribution is -2.23. The minimum atomic E-state index is -0.542. The molecule has 0 aromatic heterocycles. The molecule has 0 radical (unpaired) electrons. The standard InChI is InChI=1S/C19H22FNO5S/c1-4-25-19-14(16(11-6-7-11)26-21(19)10-22)15(23)12-8-9-13(20)17(24-3)18(12)27-5-2/h8-11,16H,4-7H2,1-3H3. The van der Waals surface area contributed by atoms with Crippen molar-refractivity contribution in [3.8, 4) is 5.75 Å². The first-order valence-electron chi connectivity index (χ1n) is 8.89. The maximum atomic E-state index is 14.2. The zero-order chi connectivity index (χ0) is 19.6. The lowest BCUT2D eigenvalue weighted by molar-refractivity contribution is -0.176. The molecule has 1 fully saturated rings. The van der Waals surface area contributed by atoms with E-state index in [9.17, 15) is 14.0 Å². The highest BCUT2D eigenvalue weighted by atomic mass is 32.2. The minimum Gasteiger partial charge on any atom is -0.492 e. The van der Waals surface area contributed by atoms with E-state index in [0.717, 1.165) is 17.9 Å². The third-order valence-electron chi connectivity index (χ3n) is 4.42. The number of benzene rings is 1. The van der Waals surface area contributed by atoms with Crippen LogP contribution in [0.25, 0.3) is 0 Å². The Morgan fingerprint density at radius 1 is 1.41 bits per heavy atom. The molecule has 1 aliphatic heterocycles. The average Bonchev–Trinajstić information content (AvgIpc) is 3.44. The van der Waals surface area contributed by atoms with Gasteiger partial charge in [-0.2, -0.15) is 5.06 Å². The van der Waals surface area contributed by atoms with Gasteiger partial charge in [0.25, 0.3) is 0 Å². The second-order valence-corrected chi connectivity index (χ2v) is 7.44. The summed E-state index contributed by atoms with van der Waals surface area (Å²) >= 11 is 1.33. The zero-order valence-electron chi connectivity index (χ0n) is 15.5. The molecule has 0 spiro atoms. The van der Waals surface area contributed by atoms with E-state index in [2.05, 4.69) is 0 Å². The molecule has 1 aliphatic carbocycles. The molecule has 2 aliphatic rings. The van der Waals surface area contributed by atoms with Crippen LogP contribution in [-0.4, -0.2) is 42.8 Å². The molecule has 1 unspecified atom stereocenters. The zero-order valence-corrected chi connectivity index (χ0v) is 16.3. The van der Waals surface area contributed by atoms with Crippen LogP contribution in [0.3, 0.4) is 0 Å². The van der Waals surface area contributed by atoms with Crippen LogP contribution in [0.15, 0.2) is 28.5 Å². The summed E-state index contributed by atoms with van der Waals surface area (Å²) in [6, 6.07) is 2.66. The number of methoxy groups -OCH3 is 1. The van der Waals surface area contributed by atoms with Crippen molar-refractivity contribution in [3.05, 3.63) is 35.0 Å². The van der Waals surface area contributed by atoms with Crippen molar-refractivity contribution in [1.29, 1.82) is 0 Å². The summed E-state index contributed by atoms with van der Waals surface area (Å²) in [5, 5.41) is 0.979. The number of halogens is 1. The van der Waals surface area contributed by atoms with Gasteiger partial charge in [-0.3, -0.25) is 14.4 Å². The Morgan fingerprint density at radius 2 is 2.15 bits per heavy atom. The Bertz CT molecular complexity index is 778. The number of rotatable bonds is 9. The van der Waals surface area contributed by atoms with Crippen LogP contribution in [0.4, 0.5) is 4.39 Å². The lowest BCUT2D eigenvalue weighted by Gasteiger charge is -2.15. The quantitative estimate of drug-likeness (QED) is 0.362. The van der Waals surface area contributed by atoms with Crippen LogP contribution in [0, 0.1) is 11.7 Å². The first-order chi connectivity index (χ1) is 13.1. The molecule has 0 bridgehead atoms. The molecule has 8 heteroatoms. The first kappa shape index (κ1) is 19.7. The molecular formula is C19H22FNO5S. The summed E-state index contributed by atoms with van der Waals surface area (Å²) < 4.78 is 24.9. The topological polar surface area (TPSA) is 65.1 Å². The number of ketones is 1. The maximum Gasteiger partial charge on any atom is 0.240 e. The van der Waals surface area contributed by atoms with Gasteiger partial charge in [0, 0.05) is 5.56 Å². The van der Waals surface area contributed by atoms with Crippen molar-refractivity contribution in [1.82, 2.24) is 5.06 Å². The molecule has 0 N–H and O–H groups in total. The monoisotopic (exact) mass is 395 g/mol. The maximum absolute atomic E-state index is 14.2. The predicted molar refractivity (Wildman–Crippen MR) is 97.8 cm³/mol. The van der Waals surface area contributed by atoms with Gasteiger partial charge in [0.15, 0.2) is 17.3 Å². The van der Waals surface area contributed by atoms with Crippen molar-refractivity contribution in [2.75, 3.05) is 19.5 Å². The Hall–Kier alpha value is -2.06. The number of hydroxylamine groups is 2. The number of Topliss-reactive ketones (excluding diaryl/α,β-unsaturated/α-hetero) is 1. The van der Waals surface area contributed by atoms with Gasteiger partial charge in [-0.1, -0.05) is 6.92 Å². The summed E-state index contributed by atoms with van der Waals surface area (Å²) in [6.07, 6.45) is 1.78. The number of hydrogen-bond acceptors (Lipinski definition) is 6. The largest absolute Gasteiger partial charge is 0.492 e. The van der Waals surface area contributed by atoms with Crippen LogP contribution in [-0.2, 0) is 14.4 Å². The summed E-state index contributed by atoms with van der Waals surface area (Å²) in [4.78, 5) is 31.0. The molecule has 6 nitrogen and oxygen atoms in total. The molecule has 1 aromatic carbocycles. The highest BCUT2D eigenvalue weighted by molar-refractivity contribution is 7.99. The molecule has 3 rings (SSSR count). The van der Waals surface area contributed by atoms with E-state index in [1.54, 1.807) is 6.92 Å².